The van der Waals surface area contributed by atoms with Crippen molar-refractivity contribution >= 4 is 10.2 Å². The van der Waals surface area contributed by atoms with E-state index in [9.17, 15) is 8.42 Å². The molecule has 2 N–H and O–H groups in total. The Morgan fingerprint density at radius 2 is 1.72 bits per heavy atom. The van der Waals surface area contributed by atoms with E-state index >= 15 is 0 Å². The predicted octanol–water partition coefficient (Wildman–Crippen LogP) is -0.767. The van der Waals surface area contributed by atoms with Crippen LogP contribution in [0.2, 0.25) is 0 Å². The molecule has 0 aromatic rings. The van der Waals surface area contributed by atoms with Crippen LogP contribution in [0.1, 0.15) is 12.8 Å². The van der Waals surface area contributed by atoms with Gasteiger partial charge in [-0.25, -0.2) is 0 Å². The van der Waals surface area contributed by atoms with Crippen molar-refractivity contribution in [3.63, 3.8) is 0 Å². The molecule has 3 aliphatic rings. The highest BCUT2D eigenvalue weighted by Crippen LogP contribution is 2.41. The number of nitrogens with two attached hydrogens (primary N) is 1. The summed E-state index contributed by atoms with van der Waals surface area (Å²) >= 11 is 0. The molecule has 0 bridgehead atoms. The fourth-order valence-electron chi connectivity index (χ4n) is 2.97. The fraction of sp³-hybridized carbons (Fsp3) is 1.00. The Balaban J connectivity index is 1.69. The molecule has 0 spiro atoms. The lowest BCUT2D eigenvalue weighted by molar-refractivity contribution is 0.0705. The molecule has 6 nitrogen and oxygen atoms in total. The maximum absolute atomic E-state index is 12.5. The number of morpholine rings is 1. The van der Waals surface area contributed by atoms with Crippen LogP contribution in [0.25, 0.3) is 0 Å². The second-order valence-electron chi connectivity index (χ2n) is 5.50. The molecule has 3 rings (SSSR count). The van der Waals surface area contributed by atoms with Crippen molar-refractivity contribution in [2.24, 2.45) is 17.6 Å². The van der Waals surface area contributed by atoms with Crippen LogP contribution in [-0.4, -0.2) is 62.5 Å². The highest BCUT2D eigenvalue weighted by molar-refractivity contribution is 7.86. The molecule has 1 aliphatic carbocycles. The maximum atomic E-state index is 12.5. The quantitative estimate of drug-likeness (QED) is 0.734. The molecule has 0 aromatic carbocycles. The number of nitrogens with zero attached hydrogens (tertiary/aromatic N) is 2. The minimum absolute atomic E-state index is 0.00770. The van der Waals surface area contributed by atoms with Crippen molar-refractivity contribution in [2.75, 3.05) is 39.4 Å². The van der Waals surface area contributed by atoms with Gasteiger partial charge in [0.15, 0.2) is 0 Å². The molecule has 2 saturated heterocycles. The third kappa shape index (κ3) is 2.30. The molecular formula is C11H21N3O3S. The zero-order chi connectivity index (χ0) is 12.8. The van der Waals surface area contributed by atoms with Crippen molar-refractivity contribution in [1.29, 1.82) is 0 Å². The zero-order valence-corrected chi connectivity index (χ0v) is 11.3. The Labute approximate surface area is 108 Å². The topological polar surface area (TPSA) is 75.9 Å². The van der Waals surface area contributed by atoms with E-state index in [2.05, 4.69) is 0 Å². The smallest absolute Gasteiger partial charge is 0.282 e. The Kier molecular flexibility index (Phi) is 3.36. The lowest BCUT2D eigenvalue weighted by Crippen LogP contribution is -2.48. The van der Waals surface area contributed by atoms with Gasteiger partial charge in [-0.1, -0.05) is 0 Å². The summed E-state index contributed by atoms with van der Waals surface area (Å²) in [5, 5.41) is 0. The van der Waals surface area contributed by atoms with Crippen LogP contribution in [0.4, 0.5) is 0 Å². The fourth-order valence-corrected chi connectivity index (χ4v) is 4.63. The van der Waals surface area contributed by atoms with E-state index in [0.717, 1.165) is 0 Å². The van der Waals surface area contributed by atoms with Crippen LogP contribution >= 0.6 is 0 Å². The normalized spacial score (nSPS) is 36.1. The van der Waals surface area contributed by atoms with Crippen LogP contribution in [-0.2, 0) is 14.9 Å². The summed E-state index contributed by atoms with van der Waals surface area (Å²) in [5.41, 5.74) is 6.09. The molecule has 104 valence electrons. The predicted molar refractivity (Wildman–Crippen MR) is 67.1 cm³/mol. The summed E-state index contributed by atoms with van der Waals surface area (Å²) in [5.74, 6) is 1.02. The van der Waals surface area contributed by atoms with Crippen molar-refractivity contribution in [2.45, 2.75) is 18.9 Å². The summed E-state index contributed by atoms with van der Waals surface area (Å²) in [6, 6.07) is 0.00770. The molecule has 18 heavy (non-hydrogen) atoms. The minimum atomic E-state index is -3.33. The number of hydrogen-bond acceptors (Lipinski definition) is 4. The standard InChI is InChI=1S/C11H21N3O3S/c12-11-8-14(7-10(11)9-1-2-9)18(15,16)13-3-5-17-6-4-13/h9-11H,1-8,12H2. The molecule has 2 heterocycles. The van der Waals surface area contributed by atoms with E-state index in [1.54, 1.807) is 4.31 Å². The van der Waals surface area contributed by atoms with Gasteiger partial charge in [-0.2, -0.15) is 17.0 Å². The Hall–Kier alpha value is -0.210. The lowest BCUT2D eigenvalue weighted by atomic mass is 9.99. The average Bonchev–Trinajstić information content (AvgIpc) is 3.13. The van der Waals surface area contributed by atoms with Crippen LogP contribution < -0.4 is 5.73 Å². The van der Waals surface area contributed by atoms with Gasteiger partial charge in [0, 0.05) is 32.2 Å². The molecule has 1 saturated carbocycles. The number of hydrogen-bond donors (Lipinski definition) is 1. The Morgan fingerprint density at radius 1 is 1.06 bits per heavy atom. The number of rotatable bonds is 3. The van der Waals surface area contributed by atoms with Gasteiger partial charge in [0.05, 0.1) is 13.2 Å². The van der Waals surface area contributed by atoms with Crippen LogP contribution in [0.15, 0.2) is 0 Å². The van der Waals surface area contributed by atoms with E-state index in [1.165, 1.54) is 17.1 Å². The lowest BCUT2D eigenvalue weighted by Gasteiger charge is -2.30. The summed E-state index contributed by atoms with van der Waals surface area (Å²) in [6.45, 7) is 2.98. The third-order valence-electron chi connectivity index (χ3n) is 4.23. The van der Waals surface area contributed by atoms with E-state index in [-0.39, 0.29) is 6.04 Å². The van der Waals surface area contributed by atoms with Crippen molar-refractivity contribution in [3.8, 4) is 0 Å². The average molecular weight is 275 g/mol. The molecule has 0 aromatic heterocycles. The van der Waals surface area contributed by atoms with Crippen molar-refractivity contribution < 1.29 is 13.2 Å². The molecule has 2 unspecified atom stereocenters. The van der Waals surface area contributed by atoms with Crippen LogP contribution in [0, 0.1) is 11.8 Å². The monoisotopic (exact) mass is 275 g/mol. The first-order valence-electron chi connectivity index (χ1n) is 6.67. The van der Waals surface area contributed by atoms with E-state index in [0.29, 0.717) is 51.2 Å². The first-order chi connectivity index (χ1) is 8.59. The van der Waals surface area contributed by atoms with Crippen molar-refractivity contribution in [1.82, 2.24) is 8.61 Å². The zero-order valence-electron chi connectivity index (χ0n) is 10.5. The molecule has 0 radical (unpaired) electrons. The first-order valence-corrected chi connectivity index (χ1v) is 8.07. The molecule has 2 atom stereocenters. The van der Waals surface area contributed by atoms with E-state index < -0.39 is 10.2 Å². The van der Waals surface area contributed by atoms with Gasteiger partial charge in [0.2, 0.25) is 0 Å². The Morgan fingerprint density at radius 3 is 2.33 bits per heavy atom. The first kappa shape index (κ1) is 12.8. The summed E-state index contributed by atoms with van der Waals surface area (Å²) < 4.78 is 33.2. The largest absolute Gasteiger partial charge is 0.379 e. The SMILES string of the molecule is NC1CN(S(=O)(=O)N2CCOCC2)CC1C1CC1. The second-order valence-corrected chi connectivity index (χ2v) is 7.43. The van der Waals surface area contributed by atoms with Gasteiger partial charge in [0.25, 0.3) is 10.2 Å². The van der Waals surface area contributed by atoms with Gasteiger partial charge in [-0.05, 0) is 24.7 Å². The van der Waals surface area contributed by atoms with Gasteiger partial charge >= 0.3 is 0 Å². The molecule has 3 fully saturated rings. The van der Waals surface area contributed by atoms with Gasteiger partial charge in [0.1, 0.15) is 0 Å². The van der Waals surface area contributed by atoms with Gasteiger partial charge in [-0.3, -0.25) is 0 Å². The highest BCUT2D eigenvalue weighted by Gasteiger charge is 2.45. The third-order valence-corrected chi connectivity index (χ3v) is 6.20. The molecule has 7 heteroatoms. The minimum Gasteiger partial charge on any atom is -0.379 e. The van der Waals surface area contributed by atoms with E-state index in [4.69, 9.17) is 10.5 Å². The highest BCUT2D eigenvalue weighted by atomic mass is 32.2. The van der Waals surface area contributed by atoms with Crippen LogP contribution in [0.3, 0.4) is 0 Å². The van der Waals surface area contributed by atoms with Gasteiger partial charge < -0.3 is 10.5 Å². The maximum Gasteiger partial charge on any atom is 0.282 e. The molecule has 2 aliphatic heterocycles. The van der Waals surface area contributed by atoms with Crippen LogP contribution in [0.5, 0.6) is 0 Å². The molecular weight excluding hydrogens is 254 g/mol. The second kappa shape index (κ2) is 4.72. The summed E-state index contributed by atoms with van der Waals surface area (Å²) in [7, 11) is -3.33. The van der Waals surface area contributed by atoms with E-state index in [1.807, 2.05) is 0 Å². The number of ether oxygens (including phenoxy) is 1. The van der Waals surface area contributed by atoms with Crippen molar-refractivity contribution in [3.05, 3.63) is 0 Å². The molecule has 0 amide bonds. The Bertz CT molecular complexity index is 404. The summed E-state index contributed by atoms with van der Waals surface area (Å²) in [4.78, 5) is 0. The van der Waals surface area contributed by atoms with Gasteiger partial charge in [-0.15, -0.1) is 0 Å². The summed E-state index contributed by atoms with van der Waals surface area (Å²) in [6.07, 6.45) is 2.42.